The van der Waals surface area contributed by atoms with Gasteiger partial charge in [-0.2, -0.15) is 0 Å². The zero-order valence-corrected chi connectivity index (χ0v) is 24.0. The second kappa shape index (κ2) is 9.15. The Balaban J connectivity index is 1.68. The fourth-order valence-electron chi connectivity index (χ4n) is 6.12. The molecule has 0 aliphatic rings. The number of hydrogen-bond acceptors (Lipinski definition) is 0. The largest absolute Gasteiger partial charge is 0.340 e. The molecule has 7 aromatic rings. The molecule has 0 N–H and O–H groups in total. The van der Waals surface area contributed by atoms with Crippen molar-refractivity contribution >= 4 is 96.8 Å². The third-order valence-electron chi connectivity index (χ3n) is 7.93. The van der Waals surface area contributed by atoms with Crippen LogP contribution in [0.3, 0.4) is 0 Å². The van der Waals surface area contributed by atoms with Gasteiger partial charge in [-0.15, -0.1) is 0 Å². The van der Waals surface area contributed by atoms with E-state index in [1.54, 1.807) is 0 Å². The van der Waals surface area contributed by atoms with Crippen LogP contribution in [0.25, 0.3) is 64.9 Å². The maximum Gasteiger partial charge on any atom is 0.0509 e. The van der Waals surface area contributed by atoms with Crippen LogP contribution in [0.1, 0.15) is 32.6 Å². The van der Waals surface area contributed by atoms with E-state index in [4.69, 9.17) is 0 Å². The molecule has 0 saturated carbocycles. The fraction of sp³-hybridized carbons (Fsp3) is 0.176. The van der Waals surface area contributed by atoms with Crippen LogP contribution in [-0.4, -0.2) is 4.57 Å². The van der Waals surface area contributed by atoms with Gasteiger partial charge in [0.25, 0.3) is 0 Å². The molecular weight excluding hydrogens is 582 g/mol. The number of nitrogens with zero attached hydrogens (tertiary/aromatic N) is 1. The molecule has 0 spiro atoms. The lowest BCUT2D eigenvalue weighted by Crippen LogP contribution is -1.98. The minimum atomic E-state index is 1.02. The van der Waals surface area contributed by atoms with Gasteiger partial charge in [-0.1, -0.05) is 107 Å². The summed E-state index contributed by atoms with van der Waals surface area (Å²) in [6.45, 7) is 3.30. The molecule has 0 radical (unpaired) electrons. The number of fused-ring (bicyclic) bond motifs is 9. The van der Waals surface area contributed by atoms with Crippen molar-refractivity contribution in [2.75, 3.05) is 0 Å². The maximum absolute atomic E-state index is 3.96. The Bertz CT molecular complexity index is 1860. The predicted octanol–water partition coefficient (Wildman–Crippen LogP) is 11.5. The lowest BCUT2D eigenvalue weighted by molar-refractivity contribution is 0.602. The summed E-state index contributed by atoms with van der Waals surface area (Å²) in [5.41, 5.74) is 2.63. The number of hydrogen-bond donors (Lipinski definition) is 0. The van der Waals surface area contributed by atoms with E-state index in [1.807, 2.05) is 0 Å². The predicted molar refractivity (Wildman–Crippen MR) is 169 cm³/mol. The van der Waals surface area contributed by atoms with Gasteiger partial charge in [-0.3, -0.25) is 0 Å². The zero-order chi connectivity index (χ0) is 25.1. The molecule has 3 heteroatoms. The number of aryl methyl sites for hydroxylation is 1. The van der Waals surface area contributed by atoms with Gasteiger partial charge in [-0.05, 0) is 85.9 Å². The molecule has 1 heterocycles. The number of benzene rings is 6. The SMILES string of the molecule is CCCCCCn1c2cc(Br)c3cc4ccccc4cc3c2c2c3cc4ccccc4cc3c(Br)cc21. The van der Waals surface area contributed by atoms with Crippen molar-refractivity contribution in [1.29, 1.82) is 0 Å². The van der Waals surface area contributed by atoms with Gasteiger partial charge in [0.05, 0.1) is 11.0 Å². The van der Waals surface area contributed by atoms with Crippen molar-refractivity contribution in [3.8, 4) is 0 Å². The average Bonchev–Trinajstić information content (AvgIpc) is 3.22. The van der Waals surface area contributed by atoms with Gasteiger partial charge in [-0.25, -0.2) is 0 Å². The molecule has 182 valence electrons. The van der Waals surface area contributed by atoms with E-state index in [9.17, 15) is 0 Å². The van der Waals surface area contributed by atoms with E-state index in [0.29, 0.717) is 0 Å². The van der Waals surface area contributed by atoms with Crippen LogP contribution >= 0.6 is 31.9 Å². The van der Waals surface area contributed by atoms with E-state index in [2.05, 4.69) is 128 Å². The van der Waals surface area contributed by atoms with Crippen LogP contribution in [0, 0.1) is 0 Å². The van der Waals surface area contributed by atoms with Crippen LogP contribution in [-0.2, 0) is 6.54 Å². The van der Waals surface area contributed by atoms with Crippen molar-refractivity contribution in [2.45, 2.75) is 39.2 Å². The maximum atomic E-state index is 3.96. The van der Waals surface area contributed by atoms with Crippen molar-refractivity contribution in [2.24, 2.45) is 0 Å². The number of unbranched alkanes of at least 4 members (excludes halogenated alkanes) is 3. The van der Waals surface area contributed by atoms with Gasteiger partial charge < -0.3 is 4.57 Å². The van der Waals surface area contributed by atoms with Gasteiger partial charge >= 0.3 is 0 Å². The van der Waals surface area contributed by atoms with Crippen molar-refractivity contribution in [3.05, 3.63) is 93.9 Å². The van der Waals surface area contributed by atoms with E-state index >= 15 is 0 Å². The van der Waals surface area contributed by atoms with Crippen LogP contribution in [0.4, 0.5) is 0 Å². The van der Waals surface area contributed by atoms with Crippen molar-refractivity contribution < 1.29 is 0 Å². The highest BCUT2D eigenvalue weighted by molar-refractivity contribution is 9.11. The molecule has 0 fully saturated rings. The van der Waals surface area contributed by atoms with Crippen LogP contribution in [0.2, 0.25) is 0 Å². The van der Waals surface area contributed by atoms with Gasteiger partial charge in [0.2, 0.25) is 0 Å². The topological polar surface area (TPSA) is 4.93 Å². The van der Waals surface area contributed by atoms with Crippen LogP contribution < -0.4 is 0 Å². The standard InChI is InChI=1S/C34H27Br2N/c1-2-3-4-9-14-37-31-19-29(35)25-15-21-10-5-7-12-23(21)17-27(25)33(31)34-28-18-24-13-8-6-11-22(24)16-26(28)30(36)20-32(34)37/h5-8,10-13,15-20H,2-4,9,14H2,1H3. The Morgan fingerprint density at radius 3 is 1.41 bits per heavy atom. The van der Waals surface area contributed by atoms with Crippen LogP contribution in [0.5, 0.6) is 0 Å². The molecule has 0 unspecified atom stereocenters. The summed E-state index contributed by atoms with van der Waals surface area (Å²) in [7, 11) is 0. The Kier molecular flexibility index (Phi) is 5.75. The molecule has 6 aromatic carbocycles. The van der Waals surface area contributed by atoms with Gasteiger partial charge in [0, 0.05) is 26.3 Å². The molecule has 1 nitrogen and oxygen atoms in total. The highest BCUT2D eigenvalue weighted by Crippen LogP contribution is 2.45. The molecule has 37 heavy (non-hydrogen) atoms. The zero-order valence-electron chi connectivity index (χ0n) is 20.8. The first-order valence-corrected chi connectivity index (χ1v) is 14.8. The highest BCUT2D eigenvalue weighted by Gasteiger charge is 2.20. The molecule has 0 aliphatic heterocycles. The highest BCUT2D eigenvalue weighted by atomic mass is 79.9. The monoisotopic (exact) mass is 607 g/mol. The second-order valence-corrected chi connectivity index (χ2v) is 11.9. The molecule has 0 amide bonds. The molecular formula is C34H27Br2N. The molecule has 7 rings (SSSR count). The molecule has 0 saturated heterocycles. The van der Waals surface area contributed by atoms with Crippen molar-refractivity contribution in [1.82, 2.24) is 4.57 Å². The third-order valence-corrected chi connectivity index (χ3v) is 9.24. The first kappa shape index (κ1) is 23.3. The first-order valence-electron chi connectivity index (χ1n) is 13.2. The minimum absolute atomic E-state index is 1.02. The minimum Gasteiger partial charge on any atom is -0.340 e. The van der Waals surface area contributed by atoms with E-state index in [0.717, 1.165) is 15.5 Å². The molecule has 1 aromatic heterocycles. The summed E-state index contributed by atoms with van der Waals surface area (Å²) < 4.78 is 4.89. The van der Waals surface area contributed by atoms with E-state index < -0.39 is 0 Å². The molecule has 0 bridgehead atoms. The van der Waals surface area contributed by atoms with Gasteiger partial charge in [0.1, 0.15) is 0 Å². The van der Waals surface area contributed by atoms with Crippen LogP contribution in [0.15, 0.2) is 93.9 Å². The Labute approximate surface area is 233 Å². The Morgan fingerprint density at radius 1 is 0.541 bits per heavy atom. The number of halogens is 2. The normalized spacial score (nSPS) is 12.2. The first-order chi connectivity index (χ1) is 18.1. The summed E-state index contributed by atoms with van der Waals surface area (Å²) in [5.74, 6) is 0. The average molecular weight is 609 g/mol. The Hall–Kier alpha value is -2.88. The lowest BCUT2D eigenvalue weighted by Gasteiger charge is -2.10. The van der Waals surface area contributed by atoms with Crippen molar-refractivity contribution in [3.63, 3.8) is 0 Å². The smallest absolute Gasteiger partial charge is 0.0509 e. The lowest BCUT2D eigenvalue weighted by atomic mass is 9.96. The summed E-state index contributed by atoms with van der Waals surface area (Å²) in [6, 6.07) is 31.6. The summed E-state index contributed by atoms with van der Waals surface area (Å²) >= 11 is 7.92. The molecule has 0 atom stereocenters. The van der Waals surface area contributed by atoms with E-state index in [-0.39, 0.29) is 0 Å². The Morgan fingerprint density at radius 2 is 0.973 bits per heavy atom. The summed E-state index contributed by atoms with van der Waals surface area (Å²) in [5, 5.41) is 13.0. The van der Waals surface area contributed by atoms with E-state index in [1.165, 1.54) is 90.6 Å². The van der Waals surface area contributed by atoms with Gasteiger partial charge in [0.15, 0.2) is 0 Å². The fourth-order valence-corrected chi connectivity index (χ4v) is 7.21. The molecule has 0 aliphatic carbocycles. The summed E-state index contributed by atoms with van der Waals surface area (Å²) in [6.07, 6.45) is 4.98. The number of aromatic nitrogens is 1. The second-order valence-electron chi connectivity index (χ2n) is 10.2. The quantitative estimate of drug-likeness (QED) is 0.135. The summed E-state index contributed by atoms with van der Waals surface area (Å²) in [4.78, 5) is 0. The third kappa shape index (κ3) is 3.70. The number of rotatable bonds is 5.